The zero-order valence-electron chi connectivity index (χ0n) is 22.2. The molecule has 2 saturated heterocycles. The Kier molecular flexibility index (Phi) is 16.9. The largest absolute Gasteiger partial charge is 0.497 e. The van der Waals surface area contributed by atoms with E-state index in [9.17, 15) is 5.11 Å². The molecule has 13 nitrogen and oxygen atoms in total. The van der Waals surface area contributed by atoms with Gasteiger partial charge in [0.1, 0.15) is 18.0 Å². The van der Waals surface area contributed by atoms with Crippen molar-refractivity contribution in [3.8, 4) is 0 Å². The van der Waals surface area contributed by atoms with Crippen LogP contribution in [0, 0.1) is 0 Å². The van der Waals surface area contributed by atoms with Gasteiger partial charge in [-0.15, -0.1) is 0 Å². The number of nitrogens with two attached hydrogens (primary N) is 5. The molecule has 3 aliphatic heterocycles. The Morgan fingerprint density at radius 3 is 2.11 bits per heavy atom. The summed E-state index contributed by atoms with van der Waals surface area (Å²) >= 11 is 0. The van der Waals surface area contributed by atoms with Crippen LogP contribution < -0.4 is 28.7 Å². The first kappa shape index (κ1) is 34.1. The first-order valence-electron chi connectivity index (χ1n) is 13.1. The number of aliphatic hydroxyl groups is 4. The third-order valence-electron chi connectivity index (χ3n) is 6.47. The molecule has 0 aromatic heterocycles. The van der Waals surface area contributed by atoms with Crippen LogP contribution in [0.2, 0.25) is 0 Å². The molecule has 4 rings (SSSR count). The highest BCUT2D eigenvalue weighted by Gasteiger charge is 2.39. The van der Waals surface area contributed by atoms with Crippen LogP contribution in [-0.2, 0) is 18.9 Å². The lowest BCUT2D eigenvalue weighted by Crippen LogP contribution is -2.60. The minimum absolute atomic E-state index is 0.0593. The Morgan fingerprint density at radius 1 is 0.973 bits per heavy atom. The third-order valence-corrected chi connectivity index (χ3v) is 6.47. The monoisotopic (exact) mass is 537 g/mol. The lowest BCUT2D eigenvalue weighted by Gasteiger charge is -2.37. The molecule has 0 radical (unpaired) electrons. The zero-order chi connectivity index (χ0) is 28.0. The molecule has 3 fully saturated rings. The van der Waals surface area contributed by atoms with Gasteiger partial charge in [0.15, 0.2) is 12.6 Å². The SMILES string of the molecule is CN.C[C@@H]1O[C@H](O)[C@H](N)C(O)[C@@H]1O.NC1CC(N)CC(OC2CCC(CO)O2)C1.NCC1=CCCCO1. The van der Waals surface area contributed by atoms with Gasteiger partial charge in [0.25, 0.3) is 0 Å². The van der Waals surface area contributed by atoms with Crippen molar-refractivity contribution in [3.63, 3.8) is 0 Å². The fraction of sp³-hybridized carbons (Fsp3) is 0.917. The molecule has 37 heavy (non-hydrogen) atoms. The maximum absolute atomic E-state index is 9.17. The van der Waals surface area contributed by atoms with Gasteiger partial charge < -0.3 is 68.0 Å². The fourth-order valence-corrected chi connectivity index (χ4v) is 4.40. The molecule has 0 amide bonds. The lowest BCUT2D eigenvalue weighted by atomic mass is 9.90. The van der Waals surface area contributed by atoms with Gasteiger partial charge in [-0.05, 0) is 58.6 Å². The minimum atomic E-state index is -1.19. The van der Waals surface area contributed by atoms with Crippen LogP contribution in [0.1, 0.15) is 51.9 Å². The number of hydrogen-bond acceptors (Lipinski definition) is 13. The Morgan fingerprint density at radius 2 is 1.62 bits per heavy atom. The van der Waals surface area contributed by atoms with Crippen LogP contribution in [-0.4, -0.2) is 108 Å². The molecule has 0 bridgehead atoms. The maximum Gasteiger partial charge on any atom is 0.172 e. The Labute approximate surface area is 220 Å². The molecule has 1 saturated carbocycles. The molecule has 0 spiro atoms. The zero-order valence-corrected chi connectivity index (χ0v) is 22.2. The highest BCUT2D eigenvalue weighted by Crippen LogP contribution is 2.26. The lowest BCUT2D eigenvalue weighted by molar-refractivity contribution is -0.236. The number of ether oxygens (including phenoxy) is 4. The Balaban J connectivity index is 0.000000284. The number of aliphatic hydroxyl groups excluding tert-OH is 4. The molecule has 14 N–H and O–H groups in total. The summed E-state index contributed by atoms with van der Waals surface area (Å²) in [5, 5.41) is 36.3. The second kappa shape index (κ2) is 18.4. The average Bonchev–Trinajstić information content (AvgIpc) is 3.35. The molecule has 4 aliphatic rings. The third kappa shape index (κ3) is 12.2. The Hall–Kier alpha value is -0.940. The highest BCUT2D eigenvalue weighted by atomic mass is 16.7. The smallest absolute Gasteiger partial charge is 0.172 e. The summed E-state index contributed by atoms with van der Waals surface area (Å²) < 4.78 is 21.3. The first-order chi connectivity index (χ1) is 17.6. The maximum atomic E-state index is 9.17. The van der Waals surface area contributed by atoms with E-state index < -0.39 is 30.6 Å². The molecule has 1 aliphatic carbocycles. The highest BCUT2D eigenvalue weighted by molar-refractivity contribution is 4.96. The summed E-state index contributed by atoms with van der Waals surface area (Å²) in [5.41, 5.74) is 26.9. The van der Waals surface area contributed by atoms with Gasteiger partial charge in [0, 0.05) is 18.5 Å². The van der Waals surface area contributed by atoms with E-state index in [1.807, 2.05) is 0 Å². The minimum Gasteiger partial charge on any atom is -0.497 e. The molecule has 220 valence electrons. The van der Waals surface area contributed by atoms with E-state index in [1.54, 1.807) is 6.92 Å². The molecule has 0 aromatic rings. The van der Waals surface area contributed by atoms with E-state index in [-0.39, 0.29) is 37.2 Å². The van der Waals surface area contributed by atoms with Crippen LogP contribution in [0.5, 0.6) is 0 Å². The first-order valence-corrected chi connectivity index (χ1v) is 13.1. The van der Waals surface area contributed by atoms with Crippen LogP contribution in [0.3, 0.4) is 0 Å². The van der Waals surface area contributed by atoms with Crippen molar-refractivity contribution in [1.29, 1.82) is 0 Å². The van der Waals surface area contributed by atoms with Crippen LogP contribution in [0.15, 0.2) is 11.8 Å². The van der Waals surface area contributed by atoms with Crippen LogP contribution >= 0.6 is 0 Å². The molecule has 9 atom stereocenters. The van der Waals surface area contributed by atoms with E-state index in [1.165, 1.54) is 7.05 Å². The van der Waals surface area contributed by atoms with Gasteiger partial charge in [-0.2, -0.15) is 0 Å². The van der Waals surface area contributed by atoms with E-state index in [0.29, 0.717) is 6.54 Å². The Bertz CT molecular complexity index is 610. The fourth-order valence-electron chi connectivity index (χ4n) is 4.40. The molecule has 5 unspecified atom stereocenters. The van der Waals surface area contributed by atoms with Crippen molar-refractivity contribution in [2.45, 2.75) is 113 Å². The van der Waals surface area contributed by atoms with Gasteiger partial charge in [-0.3, -0.25) is 0 Å². The van der Waals surface area contributed by atoms with Crippen molar-refractivity contribution >= 4 is 0 Å². The van der Waals surface area contributed by atoms with E-state index in [4.69, 9.17) is 57.2 Å². The molecule has 0 aromatic carbocycles. The molecular formula is C24H51N5O8. The normalized spacial score (nSPS) is 39.4. The summed E-state index contributed by atoms with van der Waals surface area (Å²) in [5.74, 6) is 0.955. The number of rotatable bonds is 4. The van der Waals surface area contributed by atoms with Crippen LogP contribution in [0.4, 0.5) is 0 Å². The number of allylic oxidation sites excluding steroid dienone is 1. The summed E-state index contributed by atoms with van der Waals surface area (Å²) in [6, 6.07) is -0.645. The van der Waals surface area contributed by atoms with E-state index in [2.05, 4.69) is 11.8 Å². The van der Waals surface area contributed by atoms with Crippen molar-refractivity contribution in [1.82, 2.24) is 0 Å². The summed E-state index contributed by atoms with van der Waals surface area (Å²) in [6.45, 7) is 3.04. The van der Waals surface area contributed by atoms with Gasteiger partial charge in [-0.25, -0.2) is 0 Å². The van der Waals surface area contributed by atoms with Crippen LogP contribution in [0.25, 0.3) is 0 Å². The predicted octanol–water partition coefficient (Wildman–Crippen LogP) is -2.31. The second-order valence-corrected chi connectivity index (χ2v) is 9.59. The second-order valence-electron chi connectivity index (χ2n) is 9.59. The quantitative estimate of drug-likeness (QED) is 0.183. The molecule has 13 heteroatoms. The van der Waals surface area contributed by atoms with Gasteiger partial charge in [0.2, 0.25) is 0 Å². The van der Waals surface area contributed by atoms with Gasteiger partial charge in [-0.1, -0.05) is 0 Å². The van der Waals surface area contributed by atoms with Crippen molar-refractivity contribution < 1.29 is 39.4 Å². The average molecular weight is 538 g/mol. The summed E-state index contributed by atoms with van der Waals surface area (Å²) in [6.07, 6.45) is 4.61. The topological polar surface area (TPSA) is 248 Å². The summed E-state index contributed by atoms with van der Waals surface area (Å²) in [7, 11) is 1.50. The van der Waals surface area contributed by atoms with Crippen molar-refractivity contribution in [2.75, 3.05) is 26.8 Å². The predicted molar refractivity (Wildman–Crippen MR) is 139 cm³/mol. The van der Waals surface area contributed by atoms with Crippen molar-refractivity contribution in [3.05, 3.63) is 11.8 Å². The summed E-state index contributed by atoms with van der Waals surface area (Å²) in [4.78, 5) is 0. The van der Waals surface area contributed by atoms with Gasteiger partial charge >= 0.3 is 0 Å². The van der Waals surface area contributed by atoms with Gasteiger partial charge in [0.05, 0.1) is 44.1 Å². The molecular weight excluding hydrogens is 486 g/mol. The molecule has 3 heterocycles. The number of hydrogen-bond donors (Lipinski definition) is 9. The standard InChI is InChI=1S/C11H22N2O3.C6H13NO4.C6H11NO.CH5N/c12-7-3-8(13)5-10(4-7)16-11-2-1-9(6-14)15-11;1-2-4(8)5(9)3(7)6(10)11-2;7-5-6-3-1-2-4-8-6;1-2/h7-11,14H,1-6,12-13H2;2-6,8-10H,7H2,1H3;3H,1-2,4-5,7H2;2H2,1H3/t;2-,3+,4+,5?,6-;;/m.0../s1. The van der Waals surface area contributed by atoms with E-state index >= 15 is 0 Å². The van der Waals surface area contributed by atoms with Crippen molar-refractivity contribution in [2.24, 2.45) is 28.7 Å². The van der Waals surface area contributed by atoms with E-state index in [0.717, 1.165) is 57.3 Å².